The summed E-state index contributed by atoms with van der Waals surface area (Å²) in [4.78, 5) is 22.5. The van der Waals surface area contributed by atoms with Gasteiger partial charge < -0.3 is 20.3 Å². The van der Waals surface area contributed by atoms with Gasteiger partial charge in [-0.3, -0.25) is 9.79 Å². The number of hydrogen-bond acceptors (Lipinski definition) is 7. The van der Waals surface area contributed by atoms with E-state index in [1.807, 2.05) is 18.2 Å². The van der Waals surface area contributed by atoms with E-state index in [0.717, 1.165) is 25.1 Å². The zero-order valence-electron chi connectivity index (χ0n) is 19.6. The molecule has 0 aliphatic carbocycles. The number of piperidine rings is 1. The summed E-state index contributed by atoms with van der Waals surface area (Å²) >= 11 is 0. The lowest BCUT2D eigenvalue weighted by Gasteiger charge is -2.34. The first-order valence-corrected chi connectivity index (χ1v) is 13.7. The Bertz CT molecular complexity index is 1270. The lowest BCUT2D eigenvalue weighted by atomic mass is 9.98. The minimum atomic E-state index is -3.65. The van der Waals surface area contributed by atoms with Gasteiger partial charge in [0, 0.05) is 43.0 Å². The van der Waals surface area contributed by atoms with Crippen LogP contribution in [0.15, 0.2) is 75.8 Å². The van der Waals surface area contributed by atoms with E-state index in [4.69, 9.17) is 15.5 Å². The second-order valence-electron chi connectivity index (χ2n) is 9.11. The second-order valence-corrected chi connectivity index (χ2v) is 11.1. The van der Waals surface area contributed by atoms with Crippen molar-refractivity contribution in [3.05, 3.63) is 71.4 Å². The second kappa shape index (κ2) is 9.83. The largest absolute Gasteiger partial charge is 0.394 e. The van der Waals surface area contributed by atoms with E-state index < -0.39 is 9.84 Å². The van der Waals surface area contributed by atoms with Crippen molar-refractivity contribution in [2.75, 3.05) is 50.0 Å². The number of sulfone groups is 1. The van der Waals surface area contributed by atoms with Crippen molar-refractivity contribution in [3.8, 4) is 0 Å². The minimum absolute atomic E-state index is 0.0422. The van der Waals surface area contributed by atoms with Crippen LogP contribution in [0.3, 0.4) is 0 Å². The third kappa shape index (κ3) is 4.83. The zero-order chi connectivity index (χ0) is 24.4. The molecular formula is C26H30N4O4S. The first-order chi connectivity index (χ1) is 16.9. The van der Waals surface area contributed by atoms with Crippen LogP contribution < -0.4 is 10.6 Å². The van der Waals surface area contributed by atoms with Gasteiger partial charge in [0.1, 0.15) is 5.70 Å². The number of aliphatic imine (C=N–C) groups is 1. The Morgan fingerprint density at radius 2 is 1.71 bits per heavy atom. The molecule has 3 heterocycles. The van der Waals surface area contributed by atoms with Gasteiger partial charge in [-0.05, 0) is 31.0 Å². The van der Waals surface area contributed by atoms with Crippen LogP contribution in [-0.2, 0) is 19.4 Å². The molecule has 0 spiro atoms. The molecule has 2 aromatic carbocycles. The fourth-order valence-corrected chi connectivity index (χ4v) is 6.58. The van der Waals surface area contributed by atoms with Gasteiger partial charge in [-0.15, -0.1) is 0 Å². The Hall–Kier alpha value is -3.17. The molecule has 2 aromatic rings. The predicted molar refractivity (Wildman–Crippen MR) is 135 cm³/mol. The Balaban J connectivity index is 1.56. The number of rotatable bonds is 3. The number of carbonyl (C=O) groups is 1. The number of morpholine rings is 1. The maximum Gasteiger partial charge on any atom is 0.270 e. The highest BCUT2D eigenvalue weighted by atomic mass is 32.2. The molecule has 2 N–H and O–H groups in total. The monoisotopic (exact) mass is 494 g/mol. The van der Waals surface area contributed by atoms with Crippen LogP contribution in [0.2, 0.25) is 0 Å². The summed E-state index contributed by atoms with van der Waals surface area (Å²) in [5.74, 6) is -0.694. The first kappa shape index (κ1) is 23.6. The zero-order valence-corrected chi connectivity index (χ0v) is 20.4. The molecule has 0 saturated carbocycles. The van der Waals surface area contributed by atoms with E-state index in [-0.39, 0.29) is 28.3 Å². The van der Waals surface area contributed by atoms with Crippen LogP contribution in [0.5, 0.6) is 0 Å². The maximum atomic E-state index is 13.2. The summed E-state index contributed by atoms with van der Waals surface area (Å²) in [5, 5.41) is 0. The molecule has 8 nitrogen and oxygen atoms in total. The lowest BCUT2D eigenvalue weighted by Crippen LogP contribution is -2.44. The molecule has 1 atom stereocenters. The van der Waals surface area contributed by atoms with Crippen molar-refractivity contribution in [1.82, 2.24) is 4.90 Å². The summed E-state index contributed by atoms with van der Waals surface area (Å²) in [6.07, 6.45) is 1.85. The smallest absolute Gasteiger partial charge is 0.270 e. The van der Waals surface area contributed by atoms with Gasteiger partial charge in [0.05, 0.1) is 35.6 Å². The van der Waals surface area contributed by atoms with E-state index in [9.17, 15) is 13.2 Å². The van der Waals surface area contributed by atoms with Crippen LogP contribution >= 0.6 is 0 Å². The van der Waals surface area contributed by atoms with Gasteiger partial charge >= 0.3 is 0 Å². The van der Waals surface area contributed by atoms with Crippen LogP contribution in [-0.4, -0.2) is 76.1 Å². The summed E-state index contributed by atoms with van der Waals surface area (Å²) in [6.45, 7) is 3.39. The molecule has 3 aliphatic heterocycles. The van der Waals surface area contributed by atoms with E-state index >= 15 is 0 Å². The summed E-state index contributed by atoms with van der Waals surface area (Å²) in [7, 11) is -3.65. The summed E-state index contributed by atoms with van der Waals surface area (Å²) in [5.41, 5.74) is 8.85. The van der Waals surface area contributed by atoms with Crippen molar-refractivity contribution >= 4 is 27.1 Å². The molecule has 0 bridgehead atoms. The number of nitrogens with zero attached hydrogens (tertiary/aromatic N) is 3. The fraction of sp³-hybridized carbons (Fsp3) is 0.385. The first-order valence-electron chi connectivity index (χ1n) is 12.0. The Morgan fingerprint density at radius 1 is 1.00 bits per heavy atom. The highest BCUT2D eigenvalue weighted by Gasteiger charge is 2.35. The number of fused-ring (bicyclic) bond motifs is 1. The molecule has 0 radical (unpaired) electrons. The van der Waals surface area contributed by atoms with Gasteiger partial charge in [0.25, 0.3) is 5.91 Å². The van der Waals surface area contributed by atoms with Gasteiger partial charge in [-0.1, -0.05) is 36.4 Å². The molecule has 0 aromatic heterocycles. The molecule has 184 valence electrons. The molecule has 2 fully saturated rings. The minimum Gasteiger partial charge on any atom is -0.394 e. The normalized spacial score (nSPS) is 24.7. The average molecular weight is 495 g/mol. The standard InChI is InChI=1S/C26H30N4O4S/c27-24(26(31)29-13-15-34-16-14-29)22-18-35(32,33)23-11-5-4-10-21(23)25(22)28-19-7-6-12-30(17-19)20-8-2-1-3-9-20/h1-5,8-11,19H,6-7,12-18,27H2. The van der Waals surface area contributed by atoms with Crippen LogP contribution in [0, 0.1) is 0 Å². The SMILES string of the molecule is NC(C(=O)N1CCOCC1)=C1CS(=O)(=O)c2ccccc2C1=NC1CCCN(c2ccccc2)C1. The number of carbonyl (C=O) groups excluding carboxylic acids is 1. The average Bonchev–Trinajstić information content (AvgIpc) is 2.90. The van der Waals surface area contributed by atoms with Crippen molar-refractivity contribution in [2.24, 2.45) is 10.7 Å². The molecule has 1 amide bonds. The number of benzene rings is 2. The van der Waals surface area contributed by atoms with Crippen LogP contribution in [0.1, 0.15) is 18.4 Å². The highest BCUT2D eigenvalue weighted by Crippen LogP contribution is 2.31. The molecule has 1 unspecified atom stereocenters. The number of hydrogen-bond donors (Lipinski definition) is 1. The van der Waals surface area contributed by atoms with Crippen molar-refractivity contribution in [3.63, 3.8) is 0 Å². The highest BCUT2D eigenvalue weighted by molar-refractivity contribution is 7.91. The van der Waals surface area contributed by atoms with Crippen molar-refractivity contribution in [2.45, 2.75) is 23.8 Å². The van der Waals surface area contributed by atoms with E-state index in [1.54, 1.807) is 29.2 Å². The molecule has 5 rings (SSSR count). The Kier molecular flexibility index (Phi) is 6.62. The maximum absolute atomic E-state index is 13.2. The Morgan fingerprint density at radius 3 is 2.49 bits per heavy atom. The van der Waals surface area contributed by atoms with Crippen LogP contribution in [0.25, 0.3) is 0 Å². The van der Waals surface area contributed by atoms with Gasteiger partial charge in [0.15, 0.2) is 9.84 Å². The quantitative estimate of drug-likeness (QED) is 0.655. The predicted octanol–water partition coefficient (Wildman–Crippen LogP) is 2.00. The molecular weight excluding hydrogens is 464 g/mol. The lowest BCUT2D eigenvalue weighted by molar-refractivity contribution is -0.131. The van der Waals surface area contributed by atoms with Crippen LogP contribution in [0.4, 0.5) is 5.69 Å². The van der Waals surface area contributed by atoms with Gasteiger partial charge in [-0.25, -0.2) is 8.42 Å². The van der Waals surface area contributed by atoms with Crippen molar-refractivity contribution in [1.29, 1.82) is 0 Å². The van der Waals surface area contributed by atoms with Crippen molar-refractivity contribution < 1.29 is 17.9 Å². The van der Waals surface area contributed by atoms with E-state index in [0.29, 0.717) is 49.7 Å². The van der Waals surface area contributed by atoms with Gasteiger partial charge in [0.2, 0.25) is 0 Å². The summed E-state index contributed by atoms with van der Waals surface area (Å²) < 4.78 is 31.7. The summed E-state index contributed by atoms with van der Waals surface area (Å²) in [6, 6.07) is 17.0. The third-order valence-corrected chi connectivity index (χ3v) is 8.48. The number of nitrogens with two attached hydrogens (primary N) is 1. The van der Waals surface area contributed by atoms with E-state index in [2.05, 4.69) is 17.0 Å². The fourth-order valence-electron chi connectivity index (χ4n) is 4.97. The molecule has 35 heavy (non-hydrogen) atoms. The molecule has 3 aliphatic rings. The molecule has 2 saturated heterocycles. The third-order valence-electron chi connectivity index (χ3n) is 6.78. The topological polar surface area (TPSA) is 105 Å². The number of anilines is 1. The number of para-hydroxylation sites is 1. The Labute approximate surface area is 206 Å². The van der Waals surface area contributed by atoms with E-state index in [1.165, 1.54) is 0 Å². The molecule has 9 heteroatoms. The number of ether oxygens (including phenoxy) is 1. The number of amides is 1. The van der Waals surface area contributed by atoms with Gasteiger partial charge in [-0.2, -0.15) is 0 Å².